The fourth-order valence-corrected chi connectivity index (χ4v) is 8.68. The first-order valence-electron chi connectivity index (χ1n) is 15.1. The number of carbonyl (C=O) groups is 4. The second-order valence-corrected chi connectivity index (χ2v) is 13.1. The molecule has 0 unspecified atom stereocenters. The van der Waals surface area contributed by atoms with Gasteiger partial charge in [0.2, 0.25) is 5.91 Å². The van der Waals surface area contributed by atoms with Crippen LogP contribution in [0.1, 0.15) is 98.8 Å². The van der Waals surface area contributed by atoms with E-state index in [2.05, 4.69) is 35.7 Å². The highest BCUT2D eigenvalue weighted by Gasteiger charge is 2.59. The van der Waals surface area contributed by atoms with Crippen molar-refractivity contribution in [3.63, 3.8) is 0 Å². The lowest BCUT2D eigenvalue weighted by Gasteiger charge is -2.58. The maximum Gasteiger partial charge on any atom is 0.326 e. The summed E-state index contributed by atoms with van der Waals surface area (Å²) >= 11 is 0. The summed E-state index contributed by atoms with van der Waals surface area (Å²) in [5.41, 5.74) is 2.57. The molecule has 4 rings (SSSR count). The molecule has 0 saturated heterocycles. The second kappa shape index (κ2) is 12.0. The molecule has 9 nitrogen and oxygen atoms in total. The zero-order chi connectivity index (χ0) is 29.2. The summed E-state index contributed by atoms with van der Waals surface area (Å²) < 4.78 is 0. The summed E-state index contributed by atoms with van der Waals surface area (Å²) in [6, 6.07) is -1.87. The molecule has 9 heteroatoms. The number of rotatable bonds is 10. The molecular formula is C31H47N3O6. The van der Waals surface area contributed by atoms with Gasteiger partial charge in [-0.25, -0.2) is 4.79 Å². The summed E-state index contributed by atoms with van der Waals surface area (Å²) in [4.78, 5) is 53.7. The molecule has 0 aliphatic heterocycles. The molecule has 0 radical (unpaired) electrons. The lowest BCUT2D eigenvalue weighted by molar-refractivity contribution is -0.142. The number of allylic oxidation sites excluding steroid dienone is 2. The van der Waals surface area contributed by atoms with Crippen LogP contribution >= 0.6 is 0 Å². The van der Waals surface area contributed by atoms with E-state index in [4.69, 9.17) is 4.84 Å². The van der Waals surface area contributed by atoms with Gasteiger partial charge in [-0.3, -0.25) is 14.4 Å². The maximum absolute atomic E-state index is 12.4. The molecule has 0 heterocycles. The Morgan fingerprint density at radius 3 is 2.50 bits per heavy atom. The zero-order valence-electron chi connectivity index (χ0n) is 24.8. The van der Waals surface area contributed by atoms with Gasteiger partial charge in [-0.1, -0.05) is 37.9 Å². The van der Waals surface area contributed by atoms with Crippen LogP contribution in [0.2, 0.25) is 0 Å². The number of fused-ring (bicyclic) bond motifs is 5. The molecular weight excluding hydrogens is 510 g/mol. The zero-order valence-corrected chi connectivity index (χ0v) is 24.8. The molecule has 2 amide bonds. The molecule has 0 bridgehead atoms. The highest BCUT2D eigenvalue weighted by molar-refractivity contribution is 5.96. The van der Waals surface area contributed by atoms with Gasteiger partial charge in [-0.15, -0.1) is 0 Å². The van der Waals surface area contributed by atoms with Crippen LogP contribution in [0.15, 0.2) is 16.8 Å². The Hall–Kier alpha value is -2.71. The number of nitrogens with zero attached hydrogens (tertiary/aromatic N) is 1. The first kappa shape index (κ1) is 30.3. The highest BCUT2D eigenvalue weighted by atomic mass is 16.6. The Morgan fingerprint density at radius 1 is 1.07 bits per heavy atom. The maximum atomic E-state index is 12.4. The molecule has 0 aromatic rings. The number of amides is 2. The van der Waals surface area contributed by atoms with Crippen LogP contribution < -0.4 is 10.6 Å². The van der Waals surface area contributed by atoms with Crippen molar-refractivity contribution in [1.82, 2.24) is 10.6 Å². The van der Waals surface area contributed by atoms with E-state index in [9.17, 15) is 24.3 Å². The van der Waals surface area contributed by atoms with Crippen molar-refractivity contribution in [1.29, 1.82) is 0 Å². The van der Waals surface area contributed by atoms with Crippen molar-refractivity contribution < 1.29 is 29.1 Å². The fourth-order valence-electron chi connectivity index (χ4n) is 8.68. The molecule has 0 aromatic heterocycles. The van der Waals surface area contributed by atoms with Crippen LogP contribution in [-0.2, 0) is 24.0 Å². The smallest absolute Gasteiger partial charge is 0.326 e. The Bertz CT molecular complexity index is 1080. The number of carboxylic acids is 1. The van der Waals surface area contributed by atoms with Crippen molar-refractivity contribution in [3.05, 3.63) is 11.6 Å². The third kappa shape index (κ3) is 5.84. The van der Waals surface area contributed by atoms with Gasteiger partial charge in [0.25, 0.3) is 5.91 Å². The van der Waals surface area contributed by atoms with E-state index in [1.807, 2.05) is 6.92 Å². The molecule has 3 saturated carbocycles. The molecule has 222 valence electrons. The van der Waals surface area contributed by atoms with E-state index in [1.54, 1.807) is 6.92 Å². The number of oxime groups is 1. The van der Waals surface area contributed by atoms with Crippen LogP contribution in [0.5, 0.6) is 0 Å². The van der Waals surface area contributed by atoms with E-state index >= 15 is 0 Å². The third-order valence-electron chi connectivity index (χ3n) is 10.8. The number of Topliss-reactive ketones (excluding diaryl/α,β-unsaturated/α-hetero) is 1. The van der Waals surface area contributed by atoms with Crippen molar-refractivity contribution in [2.75, 3.05) is 6.61 Å². The van der Waals surface area contributed by atoms with Crippen LogP contribution in [0.4, 0.5) is 0 Å². The van der Waals surface area contributed by atoms with Gasteiger partial charge >= 0.3 is 5.97 Å². The monoisotopic (exact) mass is 557 g/mol. The van der Waals surface area contributed by atoms with Gasteiger partial charge in [-0.05, 0) is 106 Å². The number of aliphatic carboxylic acids is 1. The van der Waals surface area contributed by atoms with Crippen LogP contribution in [0.3, 0.4) is 0 Å². The Labute approximate surface area is 237 Å². The molecule has 4 aliphatic carbocycles. The molecule has 8 atom stereocenters. The molecule has 0 aromatic carbocycles. The van der Waals surface area contributed by atoms with Crippen LogP contribution in [0, 0.1) is 34.5 Å². The van der Waals surface area contributed by atoms with E-state index in [-0.39, 0.29) is 23.4 Å². The lowest BCUT2D eigenvalue weighted by Crippen LogP contribution is -2.51. The van der Waals surface area contributed by atoms with E-state index in [1.165, 1.54) is 25.3 Å². The van der Waals surface area contributed by atoms with Crippen molar-refractivity contribution in [2.45, 2.75) is 111 Å². The number of carboxylic acid groups (broad SMARTS) is 1. The van der Waals surface area contributed by atoms with Crippen molar-refractivity contribution in [2.24, 2.45) is 39.7 Å². The number of hydrogen-bond donors (Lipinski definition) is 3. The quantitative estimate of drug-likeness (QED) is 0.341. The molecule has 3 fully saturated rings. The van der Waals surface area contributed by atoms with Crippen molar-refractivity contribution >= 4 is 29.3 Å². The summed E-state index contributed by atoms with van der Waals surface area (Å²) in [6.07, 6.45) is 11.6. The standard InChI is InChI=1S/C31H47N3O6/c1-6-7-26(29(38)39)33-28(37)18(2)32-27(36)17-40-34-21-12-14-30(4)20(16-21)8-9-22-24-11-10-23(19(3)35)31(24,5)15-13-25(22)30/h16,18,22-26H,6-15,17H2,1-5H3,(H,32,36)(H,33,37)(H,38,39)/b34-21+/t18-,22+,23-,24-,25-,26-,30-,31+/m0/s1. The van der Waals surface area contributed by atoms with Gasteiger partial charge in [0.1, 0.15) is 17.9 Å². The SMILES string of the molecule is CCC[C@H](NC(=O)[C@H](C)NC(=O)CO/N=C1/C=C2CC[C@@H]3[C@@H]4CC[C@@H](C(C)=O)[C@@]4(C)CC[C@@H]3[C@@]2(C)CC1)C(=O)O. The van der Waals surface area contributed by atoms with E-state index < -0.39 is 29.9 Å². The van der Waals surface area contributed by atoms with Crippen LogP contribution in [-0.4, -0.2) is 53.1 Å². The number of hydrogen-bond acceptors (Lipinski definition) is 6. The topological polar surface area (TPSA) is 134 Å². The first-order valence-corrected chi connectivity index (χ1v) is 15.1. The Kier molecular flexibility index (Phi) is 9.10. The van der Waals surface area contributed by atoms with Gasteiger partial charge in [0.05, 0.1) is 5.71 Å². The first-order chi connectivity index (χ1) is 18.9. The molecule has 0 spiro atoms. The molecule has 40 heavy (non-hydrogen) atoms. The third-order valence-corrected chi connectivity index (χ3v) is 10.8. The normalized spacial score (nSPS) is 35.3. The molecule has 4 aliphatic rings. The average Bonchev–Trinajstić information content (AvgIpc) is 3.26. The number of nitrogens with one attached hydrogen (secondary N) is 2. The van der Waals surface area contributed by atoms with Gasteiger partial charge in [0.15, 0.2) is 6.61 Å². The minimum Gasteiger partial charge on any atom is -0.480 e. The summed E-state index contributed by atoms with van der Waals surface area (Å²) in [5.74, 6) is 0.407. The fraction of sp³-hybridized carbons (Fsp3) is 0.774. The summed E-state index contributed by atoms with van der Waals surface area (Å²) in [5, 5.41) is 18.5. The summed E-state index contributed by atoms with van der Waals surface area (Å²) in [7, 11) is 0. The summed E-state index contributed by atoms with van der Waals surface area (Å²) in [6.45, 7) is 9.61. The largest absolute Gasteiger partial charge is 0.480 e. The predicted molar refractivity (Wildman–Crippen MR) is 151 cm³/mol. The Morgan fingerprint density at radius 2 is 1.82 bits per heavy atom. The average molecular weight is 558 g/mol. The Balaban J connectivity index is 1.31. The minimum atomic E-state index is -1.10. The number of ketones is 1. The molecule has 3 N–H and O–H groups in total. The van der Waals surface area contributed by atoms with Gasteiger partial charge in [-0.2, -0.15) is 0 Å². The predicted octanol–water partition coefficient (Wildman–Crippen LogP) is 4.40. The van der Waals surface area contributed by atoms with E-state index in [0.29, 0.717) is 36.4 Å². The number of carbonyl (C=O) groups excluding carboxylic acids is 3. The van der Waals surface area contributed by atoms with E-state index in [0.717, 1.165) is 44.2 Å². The minimum absolute atomic E-state index is 0.142. The van der Waals surface area contributed by atoms with Crippen molar-refractivity contribution in [3.8, 4) is 0 Å². The van der Waals surface area contributed by atoms with Crippen LogP contribution in [0.25, 0.3) is 0 Å². The van der Waals surface area contributed by atoms with Gasteiger partial charge < -0.3 is 20.6 Å². The van der Waals surface area contributed by atoms with Gasteiger partial charge in [0, 0.05) is 5.92 Å². The second-order valence-electron chi connectivity index (χ2n) is 13.1. The lowest BCUT2D eigenvalue weighted by atomic mass is 9.46. The highest BCUT2D eigenvalue weighted by Crippen LogP contribution is 2.66.